The fourth-order valence-electron chi connectivity index (χ4n) is 1.78. The molecule has 2 aliphatic rings. The van der Waals surface area contributed by atoms with Crippen molar-refractivity contribution in [2.24, 2.45) is 0 Å². The summed E-state index contributed by atoms with van der Waals surface area (Å²) >= 11 is 0. The van der Waals surface area contributed by atoms with Crippen molar-refractivity contribution in [1.82, 2.24) is 4.90 Å². The van der Waals surface area contributed by atoms with Crippen LogP contribution in [-0.4, -0.2) is 52.5 Å². The van der Waals surface area contributed by atoms with Gasteiger partial charge in [0.1, 0.15) is 17.9 Å². The third-order valence-electron chi connectivity index (χ3n) is 2.44. The normalized spacial score (nSPS) is 36.7. The first-order valence-corrected chi connectivity index (χ1v) is 5.16. The molecular weight excluding hydrogens is 214 g/mol. The highest BCUT2D eigenvalue weighted by atomic mass is 16.6. The molecule has 2 heterocycles. The predicted molar refractivity (Wildman–Crippen MR) is 52.6 cm³/mol. The van der Waals surface area contributed by atoms with E-state index in [9.17, 15) is 9.59 Å². The second kappa shape index (κ2) is 3.43. The Kier molecular flexibility index (Phi) is 2.43. The SMILES string of the molecule is CC(C)(C)OC(=O)C1O[C@H]2CN2[C@@H]1C(=O)O. The van der Waals surface area contributed by atoms with Crippen molar-refractivity contribution in [3.05, 3.63) is 0 Å². The fourth-order valence-corrected chi connectivity index (χ4v) is 1.78. The summed E-state index contributed by atoms with van der Waals surface area (Å²) in [6.45, 7) is 5.78. The van der Waals surface area contributed by atoms with E-state index in [1.807, 2.05) is 0 Å². The molecule has 2 rings (SSSR count). The van der Waals surface area contributed by atoms with Gasteiger partial charge < -0.3 is 14.6 Å². The van der Waals surface area contributed by atoms with Gasteiger partial charge in [0, 0.05) is 6.54 Å². The van der Waals surface area contributed by atoms with Crippen LogP contribution < -0.4 is 0 Å². The molecule has 0 saturated carbocycles. The van der Waals surface area contributed by atoms with Crippen LogP contribution in [0.3, 0.4) is 0 Å². The number of carboxylic acid groups (broad SMARTS) is 1. The molecule has 0 spiro atoms. The molecule has 2 unspecified atom stereocenters. The summed E-state index contributed by atoms with van der Waals surface area (Å²) in [5.74, 6) is -1.65. The molecule has 1 N–H and O–H groups in total. The number of esters is 1. The average Bonchev–Trinajstić information content (AvgIpc) is 2.73. The Balaban J connectivity index is 2.04. The highest BCUT2D eigenvalue weighted by Crippen LogP contribution is 2.35. The van der Waals surface area contributed by atoms with Gasteiger partial charge in [-0.15, -0.1) is 0 Å². The lowest BCUT2D eigenvalue weighted by Gasteiger charge is -2.24. The Labute approximate surface area is 93.1 Å². The molecule has 6 heteroatoms. The van der Waals surface area contributed by atoms with Crippen LogP contribution in [0.25, 0.3) is 0 Å². The lowest BCUT2D eigenvalue weighted by atomic mass is 10.1. The minimum Gasteiger partial charge on any atom is -0.480 e. The van der Waals surface area contributed by atoms with Crippen molar-refractivity contribution in [3.63, 3.8) is 0 Å². The summed E-state index contributed by atoms with van der Waals surface area (Å²) < 4.78 is 10.4. The van der Waals surface area contributed by atoms with E-state index in [0.29, 0.717) is 6.54 Å². The van der Waals surface area contributed by atoms with Crippen LogP contribution in [0.2, 0.25) is 0 Å². The van der Waals surface area contributed by atoms with Gasteiger partial charge in [-0.25, -0.2) is 4.79 Å². The van der Waals surface area contributed by atoms with Gasteiger partial charge in [-0.2, -0.15) is 0 Å². The van der Waals surface area contributed by atoms with Crippen molar-refractivity contribution in [1.29, 1.82) is 0 Å². The average molecular weight is 229 g/mol. The molecule has 2 fully saturated rings. The number of fused-ring (bicyclic) bond motifs is 1. The molecule has 6 nitrogen and oxygen atoms in total. The Bertz CT molecular complexity index is 335. The monoisotopic (exact) mass is 229 g/mol. The molecule has 0 aromatic carbocycles. The van der Waals surface area contributed by atoms with Gasteiger partial charge >= 0.3 is 11.9 Å². The number of morpholine rings is 1. The lowest BCUT2D eigenvalue weighted by Crippen LogP contribution is -2.45. The van der Waals surface area contributed by atoms with Crippen LogP contribution in [-0.2, 0) is 19.1 Å². The largest absolute Gasteiger partial charge is 0.480 e. The van der Waals surface area contributed by atoms with E-state index in [-0.39, 0.29) is 6.23 Å². The van der Waals surface area contributed by atoms with Crippen LogP contribution in [0.5, 0.6) is 0 Å². The molecule has 0 aliphatic carbocycles. The van der Waals surface area contributed by atoms with Gasteiger partial charge in [0.05, 0.1) is 0 Å². The highest BCUT2D eigenvalue weighted by molar-refractivity contribution is 5.86. The van der Waals surface area contributed by atoms with E-state index in [4.69, 9.17) is 14.6 Å². The van der Waals surface area contributed by atoms with Gasteiger partial charge in [0.2, 0.25) is 0 Å². The van der Waals surface area contributed by atoms with Crippen molar-refractivity contribution in [3.8, 4) is 0 Å². The zero-order valence-corrected chi connectivity index (χ0v) is 9.47. The fraction of sp³-hybridized carbons (Fsp3) is 0.800. The smallest absolute Gasteiger partial charge is 0.338 e. The van der Waals surface area contributed by atoms with Crippen LogP contribution in [0.4, 0.5) is 0 Å². The minimum absolute atomic E-state index is 0.224. The molecule has 0 aromatic rings. The zero-order chi connectivity index (χ0) is 12.1. The van der Waals surface area contributed by atoms with Gasteiger partial charge in [0.25, 0.3) is 0 Å². The minimum atomic E-state index is -1.05. The predicted octanol–water partition coefficient (Wildman–Crippen LogP) is -0.178. The molecule has 0 aromatic heterocycles. The molecule has 90 valence electrons. The van der Waals surface area contributed by atoms with Crippen molar-refractivity contribution in [2.75, 3.05) is 6.54 Å². The van der Waals surface area contributed by atoms with E-state index in [2.05, 4.69) is 0 Å². The van der Waals surface area contributed by atoms with Crippen LogP contribution in [0.1, 0.15) is 20.8 Å². The van der Waals surface area contributed by atoms with Crippen molar-refractivity contribution < 1.29 is 24.2 Å². The molecule has 2 saturated heterocycles. The summed E-state index contributed by atoms with van der Waals surface area (Å²) in [6.07, 6.45) is -1.23. The first-order chi connectivity index (χ1) is 7.29. The van der Waals surface area contributed by atoms with E-state index in [1.165, 1.54) is 0 Å². The van der Waals surface area contributed by atoms with Gasteiger partial charge in [0.15, 0.2) is 6.10 Å². The Hall–Kier alpha value is -1.14. The molecule has 0 bridgehead atoms. The maximum atomic E-state index is 11.7. The van der Waals surface area contributed by atoms with Crippen molar-refractivity contribution in [2.45, 2.75) is 44.7 Å². The second-order valence-corrected chi connectivity index (χ2v) is 5.02. The first-order valence-electron chi connectivity index (χ1n) is 5.16. The van der Waals surface area contributed by atoms with E-state index >= 15 is 0 Å². The Morgan fingerprint density at radius 2 is 2.06 bits per heavy atom. The van der Waals surface area contributed by atoms with Gasteiger partial charge in [-0.1, -0.05) is 0 Å². The summed E-state index contributed by atoms with van der Waals surface area (Å²) in [6, 6.07) is -0.903. The van der Waals surface area contributed by atoms with Crippen molar-refractivity contribution >= 4 is 11.9 Å². The topological polar surface area (TPSA) is 75.8 Å². The molecule has 0 radical (unpaired) electrons. The number of rotatable bonds is 2. The van der Waals surface area contributed by atoms with Crippen LogP contribution in [0, 0.1) is 0 Å². The second-order valence-electron chi connectivity index (χ2n) is 5.02. The Morgan fingerprint density at radius 1 is 1.44 bits per heavy atom. The number of aliphatic carboxylic acids is 1. The van der Waals surface area contributed by atoms with Gasteiger partial charge in [-0.05, 0) is 20.8 Å². The quantitative estimate of drug-likeness (QED) is 0.523. The summed E-state index contributed by atoms with van der Waals surface area (Å²) in [7, 11) is 0. The summed E-state index contributed by atoms with van der Waals surface area (Å²) in [4.78, 5) is 24.3. The Morgan fingerprint density at radius 3 is 2.56 bits per heavy atom. The van der Waals surface area contributed by atoms with E-state index < -0.39 is 29.7 Å². The van der Waals surface area contributed by atoms with Crippen LogP contribution in [0.15, 0.2) is 0 Å². The van der Waals surface area contributed by atoms with E-state index in [1.54, 1.807) is 25.7 Å². The zero-order valence-electron chi connectivity index (χ0n) is 9.47. The molecule has 4 atom stereocenters. The number of nitrogens with zero attached hydrogens (tertiary/aromatic N) is 1. The number of carbonyl (C=O) groups is 2. The number of hydrogen-bond acceptors (Lipinski definition) is 5. The first kappa shape index (κ1) is 11.3. The molecule has 2 aliphatic heterocycles. The molecular formula is C10H15NO5. The number of carbonyl (C=O) groups excluding carboxylic acids is 1. The highest BCUT2D eigenvalue weighted by Gasteiger charge is 2.59. The third-order valence-corrected chi connectivity index (χ3v) is 2.44. The maximum absolute atomic E-state index is 11.7. The molecule has 0 amide bonds. The number of carboxylic acids is 1. The lowest BCUT2D eigenvalue weighted by molar-refractivity contribution is -0.171. The standard InChI is InChI=1S/C10H15NO5/c1-10(2,3)16-9(14)7-6(8(12)13)11-4-5(11)15-7/h5-7H,4H2,1-3H3,(H,12,13)/t5-,6-,7?,11?/m0/s1. The summed E-state index contributed by atoms with van der Waals surface area (Å²) in [5, 5.41) is 9.00. The number of hydrogen-bond donors (Lipinski definition) is 1. The van der Waals surface area contributed by atoms with Crippen LogP contribution >= 0.6 is 0 Å². The third kappa shape index (κ3) is 2.03. The van der Waals surface area contributed by atoms with E-state index in [0.717, 1.165) is 0 Å². The van der Waals surface area contributed by atoms with Gasteiger partial charge in [-0.3, -0.25) is 9.69 Å². The maximum Gasteiger partial charge on any atom is 0.338 e. The number of ether oxygens (including phenoxy) is 2. The molecule has 16 heavy (non-hydrogen) atoms. The summed E-state index contributed by atoms with van der Waals surface area (Å²) in [5.41, 5.74) is -0.633.